The van der Waals surface area contributed by atoms with Gasteiger partial charge in [0.15, 0.2) is 0 Å². The summed E-state index contributed by atoms with van der Waals surface area (Å²) in [4.78, 5) is 22.4. The number of carbonyl (C=O) groups is 2. The third-order valence-corrected chi connectivity index (χ3v) is 2.63. The monoisotopic (exact) mass is 258 g/mol. The number of aliphatic carboxylic acids is 1. The molecule has 106 valence electrons. The van der Waals surface area contributed by atoms with Crippen LogP contribution in [-0.2, 0) is 4.79 Å². The highest BCUT2D eigenvalue weighted by Gasteiger charge is 2.20. The molecule has 0 aromatic carbocycles. The molecular formula is C13H26N2O3. The highest BCUT2D eigenvalue weighted by molar-refractivity contribution is 5.82. The molecule has 0 aromatic rings. The predicted octanol–water partition coefficient (Wildman–Crippen LogP) is 2.37. The standard InChI is InChI=1S/C13H26N2O3/c1-4-5-6-7-8-14-13(18)15-11(12(16)17)9-10(2)3/h10-11H,4-9H2,1-3H3,(H,16,17)(H2,14,15,18)/t11-/m0/s1. The molecule has 18 heavy (non-hydrogen) atoms. The van der Waals surface area contributed by atoms with E-state index in [9.17, 15) is 9.59 Å². The van der Waals surface area contributed by atoms with Crippen molar-refractivity contribution >= 4 is 12.0 Å². The molecule has 0 rings (SSSR count). The molecule has 0 aromatic heterocycles. The molecule has 3 N–H and O–H groups in total. The lowest BCUT2D eigenvalue weighted by molar-refractivity contribution is -0.139. The van der Waals surface area contributed by atoms with Crippen molar-refractivity contribution in [3.8, 4) is 0 Å². The molecule has 0 fully saturated rings. The predicted molar refractivity (Wildman–Crippen MR) is 71.6 cm³/mol. The van der Waals surface area contributed by atoms with Gasteiger partial charge in [-0.15, -0.1) is 0 Å². The molecule has 0 bridgehead atoms. The van der Waals surface area contributed by atoms with Gasteiger partial charge in [-0.2, -0.15) is 0 Å². The molecular weight excluding hydrogens is 232 g/mol. The summed E-state index contributed by atoms with van der Waals surface area (Å²) in [6, 6.07) is -1.19. The van der Waals surface area contributed by atoms with Crippen LogP contribution in [0.15, 0.2) is 0 Å². The lowest BCUT2D eigenvalue weighted by Gasteiger charge is -2.16. The maximum atomic E-state index is 11.5. The van der Waals surface area contributed by atoms with E-state index >= 15 is 0 Å². The molecule has 1 atom stereocenters. The Morgan fingerprint density at radius 3 is 2.33 bits per heavy atom. The van der Waals surface area contributed by atoms with E-state index in [4.69, 9.17) is 5.11 Å². The first-order valence-electron chi connectivity index (χ1n) is 6.74. The Balaban J connectivity index is 3.85. The first-order chi connectivity index (χ1) is 8.47. The smallest absolute Gasteiger partial charge is 0.326 e. The van der Waals surface area contributed by atoms with Crippen LogP contribution in [-0.4, -0.2) is 29.7 Å². The lowest BCUT2D eigenvalue weighted by atomic mass is 10.0. The van der Waals surface area contributed by atoms with E-state index < -0.39 is 12.0 Å². The van der Waals surface area contributed by atoms with Gasteiger partial charge in [0.2, 0.25) is 0 Å². The number of rotatable bonds is 9. The Bertz CT molecular complexity index is 255. The Labute approximate surface area is 109 Å². The highest BCUT2D eigenvalue weighted by atomic mass is 16.4. The summed E-state index contributed by atoms with van der Waals surface area (Å²) in [6.07, 6.45) is 4.78. The van der Waals surface area contributed by atoms with E-state index in [1.165, 1.54) is 0 Å². The molecule has 0 aliphatic carbocycles. The molecule has 0 heterocycles. The zero-order chi connectivity index (χ0) is 14.0. The molecule has 0 unspecified atom stereocenters. The Morgan fingerprint density at radius 1 is 1.17 bits per heavy atom. The maximum absolute atomic E-state index is 11.5. The molecule has 0 aliphatic heterocycles. The summed E-state index contributed by atoms with van der Waals surface area (Å²) in [5.41, 5.74) is 0. The van der Waals surface area contributed by atoms with Crippen molar-refractivity contribution in [1.82, 2.24) is 10.6 Å². The first-order valence-corrected chi connectivity index (χ1v) is 6.74. The van der Waals surface area contributed by atoms with Gasteiger partial charge in [0.05, 0.1) is 0 Å². The summed E-state index contributed by atoms with van der Waals surface area (Å²) < 4.78 is 0. The average Bonchev–Trinajstić information content (AvgIpc) is 2.27. The summed E-state index contributed by atoms with van der Waals surface area (Å²) in [5.74, 6) is -0.749. The van der Waals surface area contributed by atoms with Crippen molar-refractivity contribution in [2.75, 3.05) is 6.54 Å². The van der Waals surface area contributed by atoms with Crippen LogP contribution in [0.4, 0.5) is 4.79 Å². The summed E-state index contributed by atoms with van der Waals surface area (Å²) in [7, 11) is 0. The normalized spacial score (nSPS) is 12.2. The van der Waals surface area contributed by atoms with Gasteiger partial charge in [-0.05, 0) is 18.8 Å². The first kappa shape index (κ1) is 16.7. The molecule has 5 nitrogen and oxygen atoms in total. The zero-order valence-corrected chi connectivity index (χ0v) is 11.7. The van der Waals surface area contributed by atoms with Gasteiger partial charge < -0.3 is 15.7 Å². The minimum atomic E-state index is -0.982. The van der Waals surface area contributed by atoms with Crippen LogP contribution in [0.3, 0.4) is 0 Å². The SMILES string of the molecule is CCCCCCNC(=O)N[C@@H](CC(C)C)C(=O)O. The largest absolute Gasteiger partial charge is 0.480 e. The number of carboxylic acids is 1. The fourth-order valence-corrected chi connectivity index (χ4v) is 1.66. The van der Waals surface area contributed by atoms with E-state index in [1.54, 1.807) is 0 Å². The molecule has 0 spiro atoms. The third-order valence-electron chi connectivity index (χ3n) is 2.63. The van der Waals surface area contributed by atoms with Gasteiger partial charge in [-0.25, -0.2) is 9.59 Å². The fraction of sp³-hybridized carbons (Fsp3) is 0.846. The van der Waals surface area contributed by atoms with Crippen LogP contribution in [0, 0.1) is 5.92 Å². The van der Waals surface area contributed by atoms with Gasteiger partial charge in [0, 0.05) is 6.54 Å². The molecule has 2 amide bonds. The van der Waals surface area contributed by atoms with Crippen molar-refractivity contribution in [1.29, 1.82) is 0 Å². The topological polar surface area (TPSA) is 78.4 Å². The van der Waals surface area contributed by atoms with E-state index in [0.29, 0.717) is 13.0 Å². The number of nitrogens with one attached hydrogen (secondary N) is 2. The van der Waals surface area contributed by atoms with Gasteiger partial charge in [0.1, 0.15) is 6.04 Å². The van der Waals surface area contributed by atoms with Gasteiger partial charge in [0.25, 0.3) is 0 Å². The van der Waals surface area contributed by atoms with Crippen LogP contribution in [0.25, 0.3) is 0 Å². The van der Waals surface area contributed by atoms with E-state index in [0.717, 1.165) is 25.7 Å². The maximum Gasteiger partial charge on any atom is 0.326 e. The van der Waals surface area contributed by atoms with Crippen LogP contribution in [0.5, 0.6) is 0 Å². The molecule has 0 aliphatic rings. The Kier molecular flexibility index (Phi) is 9.06. The number of carbonyl (C=O) groups excluding carboxylic acids is 1. The summed E-state index contributed by atoms with van der Waals surface area (Å²) in [5, 5.41) is 14.1. The molecule has 0 radical (unpaired) electrons. The number of hydrogen-bond acceptors (Lipinski definition) is 2. The van der Waals surface area contributed by atoms with Crippen LogP contribution >= 0.6 is 0 Å². The van der Waals surface area contributed by atoms with Crippen molar-refractivity contribution < 1.29 is 14.7 Å². The summed E-state index contributed by atoms with van der Waals surface area (Å²) in [6.45, 7) is 6.59. The van der Waals surface area contributed by atoms with Crippen LogP contribution in [0.2, 0.25) is 0 Å². The van der Waals surface area contributed by atoms with E-state index in [1.807, 2.05) is 13.8 Å². The molecule has 0 saturated carbocycles. The highest BCUT2D eigenvalue weighted by Crippen LogP contribution is 2.04. The number of unbranched alkanes of at least 4 members (excludes halogenated alkanes) is 3. The lowest BCUT2D eigenvalue weighted by Crippen LogP contribution is -2.46. The zero-order valence-electron chi connectivity index (χ0n) is 11.7. The second-order valence-electron chi connectivity index (χ2n) is 4.98. The average molecular weight is 258 g/mol. The van der Waals surface area contributed by atoms with Gasteiger partial charge in [-0.1, -0.05) is 40.0 Å². The van der Waals surface area contributed by atoms with Crippen molar-refractivity contribution in [3.63, 3.8) is 0 Å². The van der Waals surface area contributed by atoms with Crippen molar-refractivity contribution in [3.05, 3.63) is 0 Å². The van der Waals surface area contributed by atoms with Gasteiger partial charge >= 0.3 is 12.0 Å². The number of urea groups is 1. The van der Waals surface area contributed by atoms with E-state index in [2.05, 4.69) is 17.6 Å². The third kappa shape index (κ3) is 8.84. The quantitative estimate of drug-likeness (QED) is 0.555. The van der Waals surface area contributed by atoms with Crippen molar-refractivity contribution in [2.24, 2.45) is 5.92 Å². The molecule has 5 heteroatoms. The van der Waals surface area contributed by atoms with Gasteiger partial charge in [-0.3, -0.25) is 0 Å². The fourth-order valence-electron chi connectivity index (χ4n) is 1.66. The summed E-state index contributed by atoms with van der Waals surface area (Å²) >= 11 is 0. The van der Waals surface area contributed by atoms with Crippen LogP contribution in [0.1, 0.15) is 52.9 Å². The van der Waals surface area contributed by atoms with E-state index in [-0.39, 0.29) is 11.9 Å². The van der Waals surface area contributed by atoms with Crippen LogP contribution < -0.4 is 10.6 Å². The minimum absolute atomic E-state index is 0.232. The number of carboxylic acid groups (broad SMARTS) is 1. The number of amides is 2. The minimum Gasteiger partial charge on any atom is -0.480 e. The Hall–Kier alpha value is -1.26. The number of hydrogen-bond donors (Lipinski definition) is 3. The Morgan fingerprint density at radius 2 is 1.83 bits per heavy atom. The molecule has 0 saturated heterocycles. The second-order valence-corrected chi connectivity index (χ2v) is 4.98. The second kappa shape index (κ2) is 9.74. The van der Waals surface area contributed by atoms with Crippen molar-refractivity contribution in [2.45, 2.75) is 58.9 Å².